The second-order valence-electron chi connectivity index (χ2n) is 4.67. The molecular weight excluding hydrogens is 300 g/mol. The zero-order valence-corrected chi connectivity index (χ0v) is 12.2. The summed E-state index contributed by atoms with van der Waals surface area (Å²) in [4.78, 5) is 23.1. The van der Waals surface area contributed by atoms with E-state index in [1.165, 1.54) is 0 Å². The van der Waals surface area contributed by atoms with E-state index >= 15 is 0 Å². The summed E-state index contributed by atoms with van der Waals surface area (Å²) in [5.41, 5.74) is 0.274. The van der Waals surface area contributed by atoms with E-state index in [1.54, 1.807) is 24.3 Å². The highest BCUT2D eigenvalue weighted by molar-refractivity contribution is 6.83. The highest BCUT2D eigenvalue weighted by Gasteiger charge is 2.17. The topological polar surface area (TPSA) is 43.4 Å². The van der Waals surface area contributed by atoms with Crippen LogP contribution in [0.25, 0.3) is 10.8 Å². The van der Waals surface area contributed by atoms with Gasteiger partial charge in [0, 0.05) is 10.9 Å². The van der Waals surface area contributed by atoms with E-state index < -0.39 is 11.0 Å². The SMILES string of the molecule is O=C(Cl)C(=O)c1cccc2c(Oc3ccccc3)cccc12. The average molecular weight is 311 g/mol. The summed E-state index contributed by atoms with van der Waals surface area (Å²) in [5, 5.41) is 0.381. The molecular formula is C18H11ClO3. The van der Waals surface area contributed by atoms with Gasteiger partial charge in [-0.3, -0.25) is 9.59 Å². The molecule has 0 saturated carbocycles. The number of carbonyl (C=O) groups is 2. The second-order valence-corrected chi connectivity index (χ2v) is 5.02. The van der Waals surface area contributed by atoms with E-state index in [-0.39, 0.29) is 5.56 Å². The van der Waals surface area contributed by atoms with Gasteiger partial charge in [0.25, 0.3) is 5.24 Å². The molecule has 0 heterocycles. The Morgan fingerprint density at radius 3 is 2.18 bits per heavy atom. The Bertz CT molecular complexity index is 857. The summed E-state index contributed by atoms with van der Waals surface area (Å²) >= 11 is 5.31. The first-order valence-electron chi connectivity index (χ1n) is 6.65. The van der Waals surface area contributed by atoms with Crippen molar-refractivity contribution in [3.05, 3.63) is 72.3 Å². The number of para-hydroxylation sites is 1. The Morgan fingerprint density at radius 2 is 1.45 bits per heavy atom. The van der Waals surface area contributed by atoms with Crippen LogP contribution in [-0.2, 0) is 4.79 Å². The van der Waals surface area contributed by atoms with Gasteiger partial charge in [-0.15, -0.1) is 0 Å². The van der Waals surface area contributed by atoms with Crippen LogP contribution in [0.3, 0.4) is 0 Å². The molecule has 0 amide bonds. The molecule has 0 unspecified atom stereocenters. The van der Waals surface area contributed by atoms with Crippen LogP contribution in [0.4, 0.5) is 0 Å². The number of Topliss-reactive ketones (excluding diaryl/α,β-unsaturated/α-hetero) is 1. The third-order valence-electron chi connectivity index (χ3n) is 3.28. The summed E-state index contributed by atoms with van der Waals surface area (Å²) < 4.78 is 5.86. The van der Waals surface area contributed by atoms with Gasteiger partial charge < -0.3 is 4.74 Å². The Hall–Kier alpha value is -2.65. The van der Waals surface area contributed by atoms with E-state index in [1.807, 2.05) is 42.5 Å². The molecule has 3 nitrogen and oxygen atoms in total. The van der Waals surface area contributed by atoms with Crippen molar-refractivity contribution in [3.63, 3.8) is 0 Å². The maximum atomic E-state index is 11.9. The average Bonchev–Trinajstić information content (AvgIpc) is 2.55. The fraction of sp³-hybridized carbons (Fsp3) is 0. The summed E-state index contributed by atoms with van der Waals surface area (Å²) in [6.07, 6.45) is 0. The minimum absolute atomic E-state index is 0.274. The number of ketones is 1. The van der Waals surface area contributed by atoms with E-state index in [4.69, 9.17) is 16.3 Å². The molecule has 0 radical (unpaired) electrons. The number of fused-ring (bicyclic) bond motifs is 1. The van der Waals surface area contributed by atoms with Crippen LogP contribution in [0.2, 0.25) is 0 Å². The van der Waals surface area contributed by atoms with Crippen LogP contribution in [0.15, 0.2) is 66.7 Å². The van der Waals surface area contributed by atoms with Crippen molar-refractivity contribution in [3.8, 4) is 11.5 Å². The van der Waals surface area contributed by atoms with Gasteiger partial charge >= 0.3 is 0 Å². The van der Waals surface area contributed by atoms with Crippen LogP contribution in [0, 0.1) is 0 Å². The Kier molecular flexibility index (Phi) is 3.90. The zero-order chi connectivity index (χ0) is 15.5. The Balaban J connectivity index is 2.12. The van der Waals surface area contributed by atoms with Gasteiger partial charge in [0.05, 0.1) is 0 Å². The number of ether oxygens (including phenoxy) is 1. The minimum atomic E-state index is -0.998. The largest absolute Gasteiger partial charge is 0.457 e. The number of benzene rings is 3. The van der Waals surface area contributed by atoms with Gasteiger partial charge in [-0.2, -0.15) is 0 Å². The van der Waals surface area contributed by atoms with Crippen molar-refractivity contribution in [1.29, 1.82) is 0 Å². The number of hydrogen-bond acceptors (Lipinski definition) is 3. The third-order valence-corrected chi connectivity index (χ3v) is 3.45. The van der Waals surface area contributed by atoms with Crippen molar-refractivity contribution in [1.82, 2.24) is 0 Å². The minimum Gasteiger partial charge on any atom is -0.457 e. The maximum absolute atomic E-state index is 11.9. The van der Waals surface area contributed by atoms with Crippen LogP contribution in [-0.4, -0.2) is 11.0 Å². The quantitative estimate of drug-likeness (QED) is 0.402. The van der Waals surface area contributed by atoms with Crippen molar-refractivity contribution >= 4 is 33.4 Å². The molecule has 0 saturated heterocycles. The molecule has 0 aromatic heterocycles. The van der Waals surface area contributed by atoms with Crippen LogP contribution in [0.5, 0.6) is 11.5 Å². The molecule has 0 N–H and O–H groups in total. The standard InChI is InChI=1S/C18H11ClO3/c19-18(21)17(20)15-10-4-9-14-13(15)8-5-11-16(14)22-12-6-2-1-3-7-12/h1-11H. The van der Waals surface area contributed by atoms with Crippen molar-refractivity contribution in [2.75, 3.05) is 0 Å². The lowest BCUT2D eigenvalue weighted by molar-refractivity contribution is -0.108. The molecule has 3 aromatic rings. The fourth-order valence-corrected chi connectivity index (χ4v) is 2.39. The molecule has 0 aliphatic heterocycles. The van der Waals surface area contributed by atoms with Gasteiger partial charge in [0.15, 0.2) is 0 Å². The second kappa shape index (κ2) is 6.00. The highest BCUT2D eigenvalue weighted by Crippen LogP contribution is 2.31. The zero-order valence-electron chi connectivity index (χ0n) is 11.5. The van der Waals surface area contributed by atoms with Gasteiger partial charge in [0.2, 0.25) is 5.78 Å². The maximum Gasteiger partial charge on any atom is 0.293 e. The molecule has 0 atom stereocenters. The molecule has 108 valence electrons. The van der Waals surface area contributed by atoms with Gasteiger partial charge in [-0.25, -0.2) is 0 Å². The van der Waals surface area contributed by atoms with Crippen molar-refractivity contribution < 1.29 is 14.3 Å². The molecule has 0 spiro atoms. The van der Waals surface area contributed by atoms with E-state index in [2.05, 4.69) is 0 Å². The molecule has 0 fully saturated rings. The molecule has 0 aliphatic carbocycles. The van der Waals surface area contributed by atoms with Gasteiger partial charge in [0.1, 0.15) is 11.5 Å². The van der Waals surface area contributed by atoms with Crippen molar-refractivity contribution in [2.45, 2.75) is 0 Å². The number of rotatable bonds is 4. The summed E-state index contributed by atoms with van der Waals surface area (Å²) in [5.74, 6) is 0.588. The molecule has 3 aromatic carbocycles. The van der Waals surface area contributed by atoms with Gasteiger partial charge in [-0.1, -0.05) is 48.5 Å². The van der Waals surface area contributed by atoms with E-state index in [9.17, 15) is 9.59 Å². The lowest BCUT2D eigenvalue weighted by Gasteiger charge is -2.10. The predicted octanol–water partition coefficient (Wildman–Crippen LogP) is 4.58. The first-order valence-corrected chi connectivity index (χ1v) is 7.03. The Labute approximate surface area is 132 Å². The molecule has 0 bridgehead atoms. The summed E-state index contributed by atoms with van der Waals surface area (Å²) in [7, 11) is 0. The highest BCUT2D eigenvalue weighted by atomic mass is 35.5. The molecule has 0 aliphatic rings. The van der Waals surface area contributed by atoms with Gasteiger partial charge in [-0.05, 0) is 35.2 Å². The molecule has 3 rings (SSSR count). The number of hydrogen-bond donors (Lipinski definition) is 0. The Morgan fingerprint density at radius 1 is 0.773 bits per heavy atom. The number of halogens is 1. The predicted molar refractivity (Wildman–Crippen MR) is 85.7 cm³/mol. The monoisotopic (exact) mass is 310 g/mol. The number of carbonyl (C=O) groups excluding carboxylic acids is 2. The fourth-order valence-electron chi connectivity index (χ4n) is 2.29. The van der Waals surface area contributed by atoms with Crippen LogP contribution < -0.4 is 4.74 Å². The van der Waals surface area contributed by atoms with Crippen LogP contribution in [0.1, 0.15) is 10.4 Å². The summed E-state index contributed by atoms with van der Waals surface area (Å²) in [6.45, 7) is 0. The molecule has 22 heavy (non-hydrogen) atoms. The first-order chi connectivity index (χ1) is 10.7. The van der Waals surface area contributed by atoms with E-state index in [0.29, 0.717) is 16.9 Å². The van der Waals surface area contributed by atoms with Crippen molar-refractivity contribution in [2.24, 2.45) is 0 Å². The normalized spacial score (nSPS) is 10.4. The van der Waals surface area contributed by atoms with Crippen LogP contribution >= 0.6 is 11.6 Å². The first kappa shape index (κ1) is 14.3. The smallest absolute Gasteiger partial charge is 0.293 e. The summed E-state index contributed by atoms with van der Waals surface area (Å²) in [6, 6.07) is 19.8. The lowest BCUT2D eigenvalue weighted by atomic mass is 10.0. The third kappa shape index (κ3) is 2.71. The lowest BCUT2D eigenvalue weighted by Crippen LogP contribution is -2.07. The molecule has 4 heteroatoms. The van der Waals surface area contributed by atoms with E-state index in [0.717, 1.165) is 5.39 Å².